The number of fused-ring (bicyclic) bond motifs is 1. The highest BCUT2D eigenvalue weighted by Crippen LogP contribution is 2.40. The summed E-state index contributed by atoms with van der Waals surface area (Å²) in [4.78, 5) is 16.1. The summed E-state index contributed by atoms with van der Waals surface area (Å²) in [5.74, 6) is 2.03. The molecule has 2 aromatic carbocycles. The predicted octanol–water partition coefficient (Wildman–Crippen LogP) is 4.30. The summed E-state index contributed by atoms with van der Waals surface area (Å²) in [7, 11) is 3.37. The number of piperidine rings is 1. The van der Waals surface area contributed by atoms with Gasteiger partial charge in [-0.2, -0.15) is 0 Å². The van der Waals surface area contributed by atoms with E-state index in [0.717, 1.165) is 67.8 Å². The highest BCUT2D eigenvalue weighted by Gasteiger charge is 2.47. The summed E-state index contributed by atoms with van der Waals surface area (Å²) < 4.78 is 10.6. The Labute approximate surface area is 167 Å². The van der Waals surface area contributed by atoms with Gasteiger partial charge in [0, 0.05) is 12.1 Å². The fourth-order valence-electron chi connectivity index (χ4n) is 4.85. The second kappa shape index (κ2) is 7.96. The standard InChI is InChI=1S/C24H29NO3/c1-27-20-7-5-18(6-8-20)12-16-25-15-4-3-13-24(25)14-11-19-17-21(28-2)9-10-22(19)23(24)26/h5-10,17H,3-4,11-16H2,1-2H3/t24-/m0/s1. The molecule has 1 atom stereocenters. The molecule has 0 saturated carbocycles. The van der Waals surface area contributed by atoms with Crippen LogP contribution in [0.4, 0.5) is 0 Å². The Morgan fingerprint density at radius 1 is 0.964 bits per heavy atom. The van der Waals surface area contributed by atoms with Gasteiger partial charge < -0.3 is 9.47 Å². The van der Waals surface area contributed by atoms with Crippen molar-refractivity contribution in [2.24, 2.45) is 0 Å². The molecule has 1 saturated heterocycles. The minimum absolute atomic E-state index is 0.311. The molecule has 148 valence electrons. The van der Waals surface area contributed by atoms with Crippen molar-refractivity contribution in [3.63, 3.8) is 0 Å². The van der Waals surface area contributed by atoms with Crippen LogP contribution in [-0.4, -0.2) is 43.5 Å². The molecule has 28 heavy (non-hydrogen) atoms. The van der Waals surface area contributed by atoms with E-state index in [1.165, 1.54) is 12.0 Å². The minimum Gasteiger partial charge on any atom is -0.497 e. The van der Waals surface area contributed by atoms with Crippen LogP contribution in [0.15, 0.2) is 42.5 Å². The maximum absolute atomic E-state index is 13.6. The number of aryl methyl sites for hydroxylation is 1. The molecular weight excluding hydrogens is 350 g/mol. The van der Waals surface area contributed by atoms with Gasteiger partial charge >= 0.3 is 0 Å². The highest BCUT2D eigenvalue weighted by atomic mass is 16.5. The Bertz CT molecular complexity index is 845. The number of benzene rings is 2. The van der Waals surface area contributed by atoms with Crippen LogP contribution in [0.1, 0.15) is 47.2 Å². The maximum atomic E-state index is 13.6. The van der Waals surface area contributed by atoms with E-state index in [1.54, 1.807) is 14.2 Å². The fraction of sp³-hybridized carbons (Fsp3) is 0.458. The zero-order chi connectivity index (χ0) is 19.6. The van der Waals surface area contributed by atoms with E-state index in [-0.39, 0.29) is 5.54 Å². The van der Waals surface area contributed by atoms with Crippen LogP contribution < -0.4 is 9.47 Å². The first-order chi connectivity index (χ1) is 13.7. The molecule has 4 rings (SSSR count). The molecule has 1 aliphatic carbocycles. The molecule has 2 aromatic rings. The zero-order valence-corrected chi connectivity index (χ0v) is 16.9. The van der Waals surface area contributed by atoms with Crippen molar-refractivity contribution in [1.82, 2.24) is 4.90 Å². The van der Waals surface area contributed by atoms with Gasteiger partial charge in [-0.15, -0.1) is 0 Å². The van der Waals surface area contributed by atoms with E-state index >= 15 is 0 Å². The third-order valence-electron chi connectivity index (χ3n) is 6.49. The number of likely N-dealkylation sites (tertiary alicyclic amines) is 1. The van der Waals surface area contributed by atoms with Gasteiger partial charge in [-0.25, -0.2) is 0 Å². The Hall–Kier alpha value is -2.33. The molecule has 1 aliphatic heterocycles. The summed E-state index contributed by atoms with van der Waals surface area (Å²) in [5, 5.41) is 0. The van der Waals surface area contributed by atoms with E-state index in [0.29, 0.717) is 5.78 Å². The van der Waals surface area contributed by atoms with E-state index in [9.17, 15) is 4.79 Å². The Morgan fingerprint density at radius 3 is 2.46 bits per heavy atom. The summed E-state index contributed by atoms with van der Waals surface area (Å²) in [6.45, 7) is 1.93. The van der Waals surface area contributed by atoms with Crippen LogP contribution in [0.5, 0.6) is 11.5 Å². The first-order valence-corrected chi connectivity index (χ1v) is 10.3. The van der Waals surface area contributed by atoms with Gasteiger partial charge in [0.2, 0.25) is 0 Å². The lowest BCUT2D eigenvalue weighted by Crippen LogP contribution is -2.59. The number of ketones is 1. The first-order valence-electron chi connectivity index (χ1n) is 10.3. The monoisotopic (exact) mass is 379 g/mol. The molecule has 1 fully saturated rings. The zero-order valence-electron chi connectivity index (χ0n) is 16.9. The second-order valence-corrected chi connectivity index (χ2v) is 7.93. The lowest BCUT2D eigenvalue weighted by atomic mass is 9.71. The number of Topliss-reactive ketones (excluding diaryl/α,β-unsaturated/α-hetero) is 1. The molecular formula is C24H29NO3. The van der Waals surface area contributed by atoms with Crippen LogP contribution >= 0.6 is 0 Å². The summed E-state index contributed by atoms with van der Waals surface area (Å²) in [5.41, 5.74) is 2.99. The maximum Gasteiger partial charge on any atom is 0.183 e. The summed E-state index contributed by atoms with van der Waals surface area (Å²) in [6, 6.07) is 14.2. The molecule has 4 heteroatoms. The highest BCUT2D eigenvalue weighted by molar-refractivity contribution is 6.05. The Kier molecular flexibility index (Phi) is 5.40. The van der Waals surface area contributed by atoms with E-state index < -0.39 is 0 Å². The summed E-state index contributed by atoms with van der Waals surface area (Å²) >= 11 is 0. The molecule has 0 amide bonds. The summed E-state index contributed by atoms with van der Waals surface area (Å²) in [6.07, 6.45) is 6.09. The SMILES string of the molecule is COc1ccc(CCN2CCCC[C@@]23CCc2cc(OC)ccc2C3=O)cc1. The average molecular weight is 380 g/mol. The lowest BCUT2D eigenvalue weighted by molar-refractivity contribution is 0.0298. The number of carbonyl (C=O) groups excluding carboxylic acids is 1. The number of hydrogen-bond donors (Lipinski definition) is 0. The van der Waals surface area contributed by atoms with Crippen LogP contribution in [0, 0.1) is 0 Å². The van der Waals surface area contributed by atoms with Crippen LogP contribution in [0.2, 0.25) is 0 Å². The Morgan fingerprint density at radius 2 is 1.71 bits per heavy atom. The van der Waals surface area contributed by atoms with Crippen molar-refractivity contribution in [2.45, 2.75) is 44.1 Å². The number of ether oxygens (including phenoxy) is 2. The largest absolute Gasteiger partial charge is 0.497 e. The van der Waals surface area contributed by atoms with Gasteiger partial charge in [0.05, 0.1) is 19.8 Å². The third kappa shape index (κ3) is 3.42. The molecule has 0 unspecified atom stereocenters. The average Bonchev–Trinajstić information content (AvgIpc) is 2.76. The van der Waals surface area contributed by atoms with Crippen molar-refractivity contribution >= 4 is 5.78 Å². The van der Waals surface area contributed by atoms with Gasteiger partial charge in [-0.1, -0.05) is 12.1 Å². The normalized spacial score (nSPS) is 22.1. The molecule has 0 bridgehead atoms. The quantitative estimate of drug-likeness (QED) is 0.776. The third-order valence-corrected chi connectivity index (χ3v) is 6.49. The molecule has 1 spiro atoms. The number of rotatable bonds is 5. The first kappa shape index (κ1) is 19.0. The van der Waals surface area contributed by atoms with Crippen LogP contribution in [0.25, 0.3) is 0 Å². The smallest absolute Gasteiger partial charge is 0.183 e. The minimum atomic E-state index is -0.327. The van der Waals surface area contributed by atoms with Crippen LogP contribution in [-0.2, 0) is 12.8 Å². The molecule has 2 aliphatic rings. The van der Waals surface area contributed by atoms with Crippen molar-refractivity contribution in [3.8, 4) is 11.5 Å². The van der Waals surface area contributed by atoms with Crippen molar-refractivity contribution in [2.75, 3.05) is 27.3 Å². The number of carbonyl (C=O) groups is 1. The fourth-order valence-corrected chi connectivity index (χ4v) is 4.85. The Balaban J connectivity index is 1.54. The van der Waals surface area contributed by atoms with Gasteiger partial charge in [0.15, 0.2) is 5.78 Å². The molecule has 0 N–H and O–H groups in total. The van der Waals surface area contributed by atoms with E-state index in [1.807, 2.05) is 30.3 Å². The molecule has 0 radical (unpaired) electrons. The van der Waals surface area contributed by atoms with Gasteiger partial charge in [0.25, 0.3) is 0 Å². The topological polar surface area (TPSA) is 38.8 Å². The van der Waals surface area contributed by atoms with Crippen molar-refractivity contribution in [1.29, 1.82) is 0 Å². The van der Waals surface area contributed by atoms with Gasteiger partial charge in [-0.3, -0.25) is 9.69 Å². The van der Waals surface area contributed by atoms with Crippen molar-refractivity contribution in [3.05, 3.63) is 59.2 Å². The molecule has 0 aromatic heterocycles. The van der Waals surface area contributed by atoms with E-state index in [4.69, 9.17) is 9.47 Å². The number of nitrogens with zero attached hydrogens (tertiary/aromatic N) is 1. The second-order valence-electron chi connectivity index (χ2n) is 7.93. The molecule has 4 nitrogen and oxygen atoms in total. The molecule has 1 heterocycles. The predicted molar refractivity (Wildman–Crippen MR) is 110 cm³/mol. The number of methoxy groups -OCH3 is 2. The number of hydrogen-bond acceptors (Lipinski definition) is 4. The van der Waals surface area contributed by atoms with Gasteiger partial charge in [0.1, 0.15) is 11.5 Å². The lowest BCUT2D eigenvalue weighted by Gasteiger charge is -2.48. The van der Waals surface area contributed by atoms with Gasteiger partial charge in [-0.05, 0) is 86.5 Å². The van der Waals surface area contributed by atoms with Crippen LogP contribution in [0.3, 0.4) is 0 Å². The van der Waals surface area contributed by atoms with Crippen molar-refractivity contribution < 1.29 is 14.3 Å². The van der Waals surface area contributed by atoms with E-state index in [2.05, 4.69) is 17.0 Å².